The van der Waals surface area contributed by atoms with Crippen LogP contribution in [0.5, 0.6) is 0 Å². The van der Waals surface area contributed by atoms with Gasteiger partial charge in [-0.25, -0.2) is 8.42 Å². The van der Waals surface area contributed by atoms with E-state index in [1.165, 1.54) is 0 Å². The van der Waals surface area contributed by atoms with Crippen LogP contribution in [-0.4, -0.2) is 26.0 Å². The number of benzene rings is 1. The van der Waals surface area contributed by atoms with Gasteiger partial charge in [0.05, 0.1) is 24.0 Å². The van der Waals surface area contributed by atoms with Crippen LogP contribution in [0.3, 0.4) is 0 Å². The van der Waals surface area contributed by atoms with Crippen molar-refractivity contribution in [2.75, 3.05) is 16.8 Å². The molecule has 5 heteroatoms. The fourth-order valence-electron chi connectivity index (χ4n) is 2.08. The lowest BCUT2D eigenvalue weighted by molar-refractivity contribution is 0.559. The summed E-state index contributed by atoms with van der Waals surface area (Å²) in [6.45, 7) is 0. The maximum atomic E-state index is 11.3. The molecule has 0 amide bonds. The molecule has 1 aromatic rings. The van der Waals surface area contributed by atoms with Gasteiger partial charge in [0.2, 0.25) is 0 Å². The molecular weight excluding hydrogens is 248 g/mol. The van der Waals surface area contributed by atoms with Crippen molar-refractivity contribution >= 4 is 15.5 Å². The van der Waals surface area contributed by atoms with Crippen molar-refractivity contribution in [3.63, 3.8) is 0 Å². The van der Waals surface area contributed by atoms with E-state index >= 15 is 0 Å². The van der Waals surface area contributed by atoms with Gasteiger partial charge in [0, 0.05) is 11.7 Å². The van der Waals surface area contributed by atoms with Crippen LogP contribution in [-0.2, 0) is 16.3 Å². The number of rotatable bonds is 3. The van der Waals surface area contributed by atoms with Crippen molar-refractivity contribution in [3.05, 3.63) is 29.8 Å². The number of nitrogens with one attached hydrogen (secondary N) is 1. The molecular formula is C13H16N2O2S. The van der Waals surface area contributed by atoms with Crippen LogP contribution in [0.1, 0.15) is 18.4 Å². The van der Waals surface area contributed by atoms with Gasteiger partial charge in [-0.1, -0.05) is 12.1 Å². The third kappa shape index (κ3) is 3.47. The Hall–Kier alpha value is -1.54. The van der Waals surface area contributed by atoms with Gasteiger partial charge in [0.25, 0.3) is 0 Å². The number of sulfone groups is 1. The van der Waals surface area contributed by atoms with Gasteiger partial charge in [-0.05, 0) is 30.5 Å². The lowest BCUT2D eigenvalue weighted by Gasteiger charge is -2.24. The zero-order valence-electron chi connectivity index (χ0n) is 10.1. The summed E-state index contributed by atoms with van der Waals surface area (Å²) >= 11 is 0. The Morgan fingerprint density at radius 3 is 2.39 bits per heavy atom. The first-order valence-electron chi connectivity index (χ1n) is 6.02. The van der Waals surface area contributed by atoms with Crippen LogP contribution < -0.4 is 5.32 Å². The van der Waals surface area contributed by atoms with Crippen molar-refractivity contribution in [2.24, 2.45) is 0 Å². The maximum absolute atomic E-state index is 11.3. The first-order valence-corrected chi connectivity index (χ1v) is 7.84. The average molecular weight is 264 g/mol. The van der Waals surface area contributed by atoms with E-state index in [2.05, 4.69) is 11.4 Å². The summed E-state index contributed by atoms with van der Waals surface area (Å²) in [6.07, 6.45) is 1.76. The molecule has 0 aliphatic carbocycles. The molecule has 0 saturated carbocycles. The SMILES string of the molecule is N#CCc1ccc(NC2CCS(=O)(=O)CC2)cc1. The van der Waals surface area contributed by atoms with Gasteiger partial charge in [-0.3, -0.25) is 0 Å². The van der Waals surface area contributed by atoms with Gasteiger partial charge in [-0.15, -0.1) is 0 Å². The summed E-state index contributed by atoms with van der Waals surface area (Å²) in [5.74, 6) is 0.550. The third-order valence-corrected chi connectivity index (χ3v) is 4.88. The van der Waals surface area contributed by atoms with Crippen molar-refractivity contribution in [1.29, 1.82) is 5.26 Å². The Morgan fingerprint density at radius 1 is 1.22 bits per heavy atom. The van der Waals surface area contributed by atoms with E-state index in [1.807, 2.05) is 24.3 Å². The average Bonchev–Trinajstić information content (AvgIpc) is 2.35. The van der Waals surface area contributed by atoms with Gasteiger partial charge in [0.15, 0.2) is 0 Å². The summed E-state index contributed by atoms with van der Waals surface area (Å²) < 4.78 is 22.6. The second-order valence-electron chi connectivity index (χ2n) is 4.60. The Kier molecular flexibility index (Phi) is 3.87. The Balaban J connectivity index is 1.92. The summed E-state index contributed by atoms with van der Waals surface area (Å²) in [5.41, 5.74) is 1.98. The molecule has 0 bridgehead atoms. The van der Waals surface area contributed by atoms with E-state index < -0.39 is 9.84 Å². The molecule has 0 unspecified atom stereocenters. The number of hydrogen-bond donors (Lipinski definition) is 1. The number of nitrogens with zero attached hydrogens (tertiary/aromatic N) is 1. The van der Waals surface area contributed by atoms with Gasteiger partial charge in [0.1, 0.15) is 9.84 Å². The second-order valence-corrected chi connectivity index (χ2v) is 6.91. The minimum absolute atomic E-state index is 0.232. The van der Waals surface area contributed by atoms with Crippen molar-refractivity contribution in [3.8, 4) is 6.07 Å². The molecule has 4 nitrogen and oxygen atoms in total. The number of nitriles is 1. The Labute approximate surface area is 108 Å². The van der Waals surface area contributed by atoms with E-state index in [9.17, 15) is 8.42 Å². The van der Waals surface area contributed by atoms with Gasteiger partial charge in [-0.2, -0.15) is 5.26 Å². The lowest BCUT2D eigenvalue weighted by Crippen LogP contribution is -2.32. The van der Waals surface area contributed by atoms with E-state index in [0.29, 0.717) is 19.3 Å². The van der Waals surface area contributed by atoms with Crippen LogP contribution in [0.25, 0.3) is 0 Å². The highest BCUT2D eigenvalue weighted by Gasteiger charge is 2.23. The standard InChI is InChI=1S/C13H16N2O2S/c14-8-5-11-1-3-12(4-2-11)15-13-6-9-18(16,17)10-7-13/h1-4,13,15H,5-7,9-10H2. The van der Waals surface area contributed by atoms with E-state index in [4.69, 9.17) is 5.26 Å². The highest BCUT2D eigenvalue weighted by molar-refractivity contribution is 7.91. The minimum atomic E-state index is -2.80. The first-order chi connectivity index (χ1) is 8.59. The van der Waals surface area contributed by atoms with E-state index in [-0.39, 0.29) is 17.5 Å². The fourth-order valence-corrected chi connectivity index (χ4v) is 3.57. The largest absolute Gasteiger partial charge is 0.382 e. The third-order valence-electron chi connectivity index (χ3n) is 3.16. The molecule has 1 aromatic carbocycles. The molecule has 96 valence electrons. The monoisotopic (exact) mass is 264 g/mol. The van der Waals surface area contributed by atoms with Crippen molar-refractivity contribution < 1.29 is 8.42 Å². The Morgan fingerprint density at radius 2 is 1.83 bits per heavy atom. The summed E-state index contributed by atoms with van der Waals surface area (Å²) in [5, 5.41) is 11.9. The second kappa shape index (κ2) is 5.40. The van der Waals surface area contributed by atoms with Crippen LogP contribution in [0.2, 0.25) is 0 Å². The molecule has 1 saturated heterocycles. The highest BCUT2D eigenvalue weighted by Crippen LogP contribution is 2.18. The molecule has 2 rings (SSSR count). The predicted molar refractivity (Wildman–Crippen MR) is 71.1 cm³/mol. The van der Waals surface area contributed by atoms with Gasteiger partial charge >= 0.3 is 0 Å². The lowest BCUT2D eigenvalue weighted by atomic mass is 10.1. The number of hydrogen-bond acceptors (Lipinski definition) is 4. The summed E-state index contributed by atoms with van der Waals surface area (Å²) in [4.78, 5) is 0. The molecule has 1 N–H and O–H groups in total. The molecule has 1 fully saturated rings. The number of anilines is 1. The van der Waals surface area contributed by atoms with Crippen LogP contribution in [0.4, 0.5) is 5.69 Å². The maximum Gasteiger partial charge on any atom is 0.150 e. The molecule has 1 aliphatic heterocycles. The molecule has 0 atom stereocenters. The highest BCUT2D eigenvalue weighted by atomic mass is 32.2. The van der Waals surface area contributed by atoms with Crippen LogP contribution in [0.15, 0.2) is 24.3 Å². The molecule has 0 spiro atoms. The zero-order valence-corrected chi connectivity index (χ0v) is 10.9. The normalized spacial score (nSPS) is 19.1. The molecule has 1 aliphatic rings. The predicted octanol–water partition coefficient (Wildman–Crippen LogP) is 1.74. The van der Waals surface area contributed by atoms with Gasteiger partial charge < -0.3 is 5.32 Å². The van der Waals surface area contributed by atoms with E-state index in [1.54, 1.807) is 0 Å². The van der Waals surface area contributed by atoms with Crippen LogP contribution >= 0.6 is 0 Å². The minimum Gasteiger partial charge on any atom is -0.382 e. The molecule has 0 radical (unpaired) electrons. The Bertz CT molecular complexity index is 529. The summed E-state index contributed by atoms with van der Waals surface area (Å²) in [6, 6.07) is 10.1. The van der Waals surface area contributed by atoms with Crippen molar-refractivity contribution in [2.45, 2.75) is 25.3 Å². The van der Waals surface area contributed by atoms with Crippen molar-refractivity contribution in [1.82, 2.24) is 0 Å². The molecule has 1 heterocycles. The molecule has 0 aromatic heterocycles. The fraction of sp³-hybridized carbons (Fsp3) is 0.462. The quantitative estimate of drug-likeness (QED) is 0.902. The molecule has 18 heavy (non-hydrogen) atoms. The smallest absolute Gasteiger partial charge is 0.150 e. The summed E-state index contributed by atoms with van der Waals surface area (Å²) in [7, 11) is -2.80. The topological polar surface area (TPSA) is 70.0 Å². The van der Waals surface area contributed by atoms with E-state index in [0.717, 1.165) is 11.3 Å². The van der Waals surface area contributed by atoms with Crippen LogP contribution in [0, 0.1) is 11.3 Å². The zero-order chi connectivity index (χ0) is 13.0. The first kappa shape index (κ1) is 12.9.